The molecular formula is C14H20N4OS. The van der Waals surface area contributed by atoms with E-state index in [4.69, 9.17) is 5.73 Å². The van der Waals surface area contributed by atoms with Crippen molar-refractivity contribution in [2.75, 3.05) is 5.32 Å². The Morgan fingerprint density at radius 3 is 2.70 bits per heavy atom. The lowest BCUT2D eigenvalue weighted by atomic mass is 10.2. The quantitative estimate of drug-likeness (QED) is 0.890. The molecule has 0 aromatic carbocycles. The Morgan fingerprint density at radius 1 is 1.50 bits per heavy atom. The summed E-state index contributed by atoms with van der Waals surface area (Å²) in [6.07, 6.45) is 0. The summed E-state index contributed by atoms with van der Waals surface area (Å²) in [6.45, 7) is 8.95. The van der Waals surface area contributed by atoms with Crippen molar-refractivity contribution in [2.45, 2.75) is 40.3 Å². The zero-order chi connectivity index (χ0) is 14.9. The number of amides is 1. The van der Waals surface area contributed by atoms with Gasteiger partial charge >= 0.3 is 0 Å². The van der Waals surface area contributed by atoms with Gasteiger partial charge in [-0.15, -0.1) is 11.3 Å². The first kappa shape index (κ1) is 14.6. The van der Waals surface area contributed by atoms with Gasteiger partial charge in [0.15, 0.2) is 0 Å². The molecule has 0 unspecified atom stereocenters. The van der Waals surface area contributed by atoms with Gasteiger partial charge in [-0.3, -0.25) is 9.48 Å². The average molecular weight is 292 g/mol. The van der Waals surface area contributed by atoms with Crippen LogP contribution >= 0.6 is 11.3 Å². The van der Waals surface area contributed by atoms with Gasteiger partial charge in [0.2, 0.25) is 5.91 Å². The van der Waals surface area contributed by atoms with Crippen LogP contribution in [0.25, 0.3) is 0 Å². The maximum atomic E-state index is 11.1. The molecule has 2 rings (SSSR count). The fourth-order valence-corrected chi connectivity index (χ4v) is 3.01. The Bertz CT molecular complexity index is 627. The average Bonchev–Trinajstić information content (AvgIpc) is 2.93. The molecule has 2 aromatic heterocycles. The van der Waals surface area contributed by atoms with Crippen molar-refractivity contribution in [1.82, 2.24) is 9.78 Å². The maximum absolute atomic E-state index is 11.1. The van der Waals surface area contributed by atoms with E-state index in [1.807, 2.05) is 17.7 Å². The minimum absolute atomic E-state index is 0.340. The summed E-state index contributed by atoms with van der Waals surface area (Å²) in [5.74, 6) is -0.382. The number of nitrogens with one attached hydrogen (secondary N) is 1. The predicted molar refractivity (Wildman–Crippen MR) is 82.2 cm³/mol. The molecule has 0 fully saturated rings. The minimum atomic E-state index is -0.382. The first-order valence-corrected chi connectivity index (χ1v) is 7.45. The number of aromatic nitrogens is 2. The highest BCUT2D eigenvalue weighted by molar-refractivity contribution is 7.10. The molecule has 0 atom stereocenters. The van der Waals surface area contributed by atoms with Crippen LogP contribution in [0.1, 0.15) is 46.5 Å². The van der Waals surface area contributed by atoms with E-state index < -0.39 is 0 Å². The second-order valence-corrected chi connectivity index (χ2v) is 6.10. The number of hydrogen-bond acceptors (Lipinski definition) is 4. The predicted octanol–water partition coefficient (Wildman–Crippen LogP) is 2.85. The van der Waals surface area contributed by atoms with Crippen LogP contribution in [-0.2, 0) is 6.54 Å². The van der Waals surface area contributed by atoms with E-state index in [2.05, 4.69) is 31.2 Å². The fraction of sp³-hybridized carbons (Fsp3) is 0.429. The Kier molecular flexibility index (Phi) is 4.13. The summed E-state index contributed by atoms with van der Waals surface area (Å²) in [4.78, 5) is 12.1. The molecule has 0 spiro atoms. The van der Waals surface area contributed by atoms with E-state index in [0.717, 1.165) is 22.0 Å². The standard InChI is InChI=1S/C14H20N4OS/c1-8(2)18-10(4)13(9(3)17-18)16-6-12-5-11(7-20-12)14(15)19/h5,7-8,16H,6H2,1-4H3,(H2,15,19). The fourth-order valence-electron chi connectivity index (χ4n) is 2.20. The van der Waals surface area contributed by atoms with Crippen molar-refractivity contribution in [3.63, 3.8) is 0 Å². The van der Waals surface area contributed by atoms with E-state index in [-0.39, 0.29) is 5.91 Å². The minimum Gasteiger partial charge on any atom is -0.377 e. The van der Waals surface area contributed by atoms with Gasteiger partial charge in [-0.05, 0) is 33.8 Å². The largest absolute Gasteiger partial charge is 0.377 e. The Labute approximate surface area is 122 Å². The highest BCUT2D eigenvalue weighted by Gasteiger charge is 2.13. The van der Waals surface area contributed by atoms with Crippen LogP contribution < -0.4 is 11.1 Å². The maximum Gasteiger partial charge on any atom is 0.249 e. The number of primary amides is 1. The Morgan fingerprint density at radius 2 is 2.20 bits per heavy atom. The zero-order valence-corrected chi connectivity index (χ0v) is 13.0. The highest BCUT2D eigenvalue weighted by atomic mass is 32.1. The second kappa shape index (κ2) is 5.66. The van der Waals surface area contributed by atoms with Crippen LogP contribution in [0.4, 0.5) is 5.69 Å². The number of carbonyl (C=O) groups excluding carboxylic acids is 1. The molecule has 0 aliphatic carbocycles. The Balaban J connectivity index is 2.12. The van der Waals surface area contributed by atoms with Crippen LogP contribution in [0.2, 0.25) is 0 Å². The molecule has 2 aromatic rings. The van der Waals surface area contributed by atoms with Gasteiger partial charge in [0, 0.05) is 22.8 Å². The van der Waals surface area contributed by atoms with Crippen LogP contribution in [0.15, 0.2) is 11.4 Å². The molecule has 3 N–H and O–H groups in total. The molecule has 6 heteroatoms. The van der Waals surface area contributed by atoms with E-state index >= 15 is 0 Å². The molecule has 0 saturated carbocycles. The van der Waals surface area contributed by atoms with Crippen molar-refractivity contribution in [1.29, 1.82) is 0 Å². The molecule has 0 aliphatic heterocycles. The number of rotatable bonds is 5. The van der Waals surface area contributed by atoms with Crippen molar-refractivity contribution in [2.24, 2.45) is 5.73 Å². The van der Waals surface area contributed by atoms with Gasteiger partial charge in [-0.2, -0.15) is 5.10 Å². The van der Waals surface area contributed by atoms with Crippen LogP contribution in [0, 0.1) is 13.8 Å². The molecular weight excluding hydrogens is 272 g/mol. The number of anilines is 1. The van der Waals surface area contributed by atoms with E-state index in [1.165, 1.54) is 11.3 Å². The summed E-state index contributed by atoms with van der Waals surface area (Å²) in [6, 6.07) is 2.17. The van der Waals surface area contributed by atoms with Crippen molar-refractivity contribution < 1.29 is 4.79 Å². The van der Waals surface area contributed by atoms with Crippen LogP contribution in [0.3, 0.4) is 0 Å². The molecule has 1 amide bonds. The smallest absolute Gasteiger partial charge is 0.249 e. The van der Waals surface area contributed by atoms with Crippen LogP contribution in [-0.4, -0.2) is 15.7 Å². The molecule has 5 nitrogen and oxygen atoms in total. The van der Waals surface area contributed by atoms with Gasteiger partial charge in [-0.25, -0.2) is 0 Å². The van der Waals surface area contributed by atoms with E-state index in [1.54, 1.807) is 5.38 Å². The second-order valence-electron chi connectivity index (χ2n) is 5.10. The van der Waals surface area contributed by atoms with Gasteiger partial charge in [0.05, 0.1) is 22.6 Å². The molecule has 2 heterocycles. The van der Waals surface area contributed by atoms with Gasteiger partial charge in [0.25, 0.3) is 0 Å². The van der Waals surface area contributed by atoms with Gasteiger partial charge in [0.1, 0.15) is 0 Å². The van der Waals surface area contributed by atoms with Crippen molar-refractivity contribution in [3.8, 4) is 0 Å². The van der Waals surface area contributed by atoms with Gasteiger partial charge < -0.3 is 11.1 Å². The molecule has 0 radical (unpaired) electrons. The third kappa shape index (κ3) is 2.85. The number of carbonyl (C=O) groups is 1. The van der Waals surface area contributed by atoms with E-state index in [0.29, 0.717) is 18.2 Å². The third-order valence-corrected chi connectivity index (χ3v) is 4.13. The van der Waals surface area contributed by atoms with Crippen molar-refractivity contribution in [3.05, 3.63) is 33.3 Å². The number of hydrogen-bond donors (Lipinski definition) is 2. The SMILES string of the molecule is Cc1nn(C(C)C)c(C)c1NCc1cc(C(N)=O)cs1. The number of aryl methyl sites for hydroxylation is 1. The lowest BCUT2D eigenvalue weighted by Gasteiger charge is -2.09. The molecule has 108 valence electrons. The summed E-state index contributed by atoms with van der Waals surface area (Å²) in [5, 5.41) is 9.73. The van der Waals surface area contributed by atoms with E-state index in [9.17, 15) is 4.79 Å². The Hall–Kier alpha value is -1.82. The lowest BCUT2D eigenvalue weighted by Crippen LogP contribution is -2.09. The molecule has 0 saturated heterocycles. The summed E-state index contributed by atoms with van der Waals surface area (Å²) in [7, 11) is 0. The molecule has 0 aliphatic rings. The number of nitrogens with two attached hydrogens (primary N) is 1. The first-order valence-electron chi connectivity index (χ1n) is 6.57. The van der Waals surface area contributed by atoms with Gasteiger partial charge in [-0.1, -0.05) is 0 Å². The molecule has 20 heavy (non-hydrogen) atoms. The first-order chi connectivity index (χ1) is 9.40. The topological polar surface area (TPSA) is 72.9 Å². The number of thiophene rings is 1. The normalized spacial score (nSPS) is 11.1. The summed E-state index contributed by atoms with van der Waals surface area (Å²) >= 11 is 1.53. The monoisotopic (exact) mass is 292 g/mol. The number of nitrogens with zero attached hydrogens (tertiary/aromatic N) is 2. The zero-order valence-electron chi connectivity index (χ0n) is 12.2. The molecule has 0 bridgehead atoms. The highest BCUT2D eigenvalue weighted by Crippen LogP contribution is 2.24. The summed E-state index contributed by atoms with van der Waals surface area (Å²) in [5.41, 5.74) is 9.00. The lowest BCUT2D eigenvalue weighted by molar-refractivity contribution is 0.100. The third-order valence-electron chi connectivity index (χ3n) is 3.19. The summed E-state index contributed by atoms with van der Waals surface area (Å²) < 4.78 is 2.01. The van der Waals surface area contributed by atoms with Crippen LogP contribution in [0.5, 0.6) is 0 Å². The van der Waals surface area contributed by atoms with Crippen molar-refractivity contribution >= 4 is 22.9 Å².